The van der Waals surface area contributed by atoms with E-state index in [9.17, 15) is 13.0 Å². The number of hydrogen-bond donors (Lipinski definition) is 0. The highest BCUT2D eigenvalue weighted by molar-refractivity contribution is 7.80. The van der Waals surface area contributed by atoms with E-state index in [4.69, 9.17) is 0 Å². The second kappa shape index (κ2) is 8.16. The van der Waals surface area contributed by atoms with Gasteiger partial charge in [0.15, 0.2) is 0 Å². The first-order valence-electron chi connectivity index (χ1n) is 6.19. The van der Waals surface area contributed by atoms with Crippen LogP contribution in [-0.4, -0.2) is 45.2 Å². The third-order valence-corrected chi connectivity index (χ3v) is 3.54. The van der Waals surface area contributed by atoms with Crippen molar-refractivity contribution >= 4 is 10.4 Å². The van der Waals surface area contributed by atoms with Gasteiger partial charge in [0.25, 0.3) is 0 Å². The summed E-state index contributed by atoms with van der Waals surface area (Å²) in [5.74, 6) is 0. The van der Waals surface area contributed by atoms with Crippen molar-refractivity contribution in [3.8, 4) is 0 Å². The summed E-state index contributed by atoms with van der Waals surface area (Å²) in [5.41, 5.74) is 1.34. The van der Waals surface area contributed by atoms with E-state index in [1.807, 2.05) is 6.08 Å². The van der Waals surface area contributed by atoms with Crippen molar-refractivity contribution in [2.75, 3.05) is 27.7 Å². The molecule has 0 bridgehead atoms. The second-order valence-corrected chi connectivity index (χ2v) is 5.91. The van der Waals surface area contributed by atoms with Crippen LogP contribution in [0.2, 0.25) is 0 Å². The van der Waals surface area contributed by atoms with E-state index >= 15 is 0 Å². The maximum absolute atomic E-state index is 9.22. The Morgan fingerprint density at radius 1 is 1.35 bits per heavy atom. The van der Waals surface area contributed by atoms with E-state index in [0.717, 1.165) is 18.1 Å². The highest BCUT2D eigenvalue weighted by atomic mass is 32.3. The van der Waals surface area contributed by atoms with Crippen LogP contribution in [0.15, 0.2) is 43.0 Å². The monoisotopic (exact) mass is 301 g/mol. The van der Waals surface area contributed by atoms with E-state index in [2.05, 4.69) is 62.1 Å². The molecule has 1 atom stereocenters. The van der Waals surface area contributed by atoms with Crippen molar-refractivity contribution in [2.24, 2.45) is 0 Å². The molecule has 0 fully saturated rings. The molecule has 0 aliphatic carbocycles. The number of quaternary nitrogens is 1. The van der Waals surface area contributed by atoms with Gasteiger partial charge in [0, 0.05) is 5.56 Å². The average Bonchev–Trinajstić information content (AvgIpc) is 2.40. The molecule has 5 nitrogen and oxygen atoms in total. The summed E-state index contributed by atoms with van der Waals surface area (Å²) in [6.45, 7) is 7.25. The fourth-order valence-corrected chi connectivity index (χ4v) is 1.67. The molecule has 114 valence electrons. The van der Waals surface area contributed by atoms with Gasteiger partial charge in [-0.05, 0) is 13.0 Å². The molecule has 0 spiro atoms. The molecule has 0 N–H and O–H groups in total. The van der Waals surface area contributed by atoms with Gasteiger partial charge in [-0.15, -0.1) is 0 Å². The van der Waals surface area contributed by atoms with Crippen LogP contribution in [0.4, 0.5) is 0 Å². The van der Waals surface area contributed by atoms with Gasteiger partial charge in [0.05, 0.1) is 27.7 Å². The summed E-state index contributed by atoms with van der Waals surface area (Å²) >= 11 is 0. The van der Waals surface area contributed by atoms with Gasteiger partial charge in [-0.3, -0.25) is 4.18 Å². The zero-order valence-electron chi connectivity index (χ0n) is 12.4. The Hall–Kier alpha value is -1.21. The van der Waals surface area contributed by atoms with Crippen molar-refractivity contribution in [3.63, 3.8) is 0 Å². The van der Waals surface area contributed by atoms with Crippen molar-refractivity contribution in [3.05, 3.63) is 48.6 Å². The molecule has 1 aromatic carbocycles. The SMILES string of the molecule is C=CC(c1ccccc1)[N+](C)(C)CC.COS(=O)(=O)[O-]. The third kappa shape index (κ3) is 6.81. The quantitative estimate of drug-likeness (QED) is 0.361. The van der Waals surface area contributed by atoms with Crippen molar-refractivity contribution in [1.29, 1.82) is 0 Å². The molecular weight excluding hydrogens is 278 g/mol. The smallest absolute Gasteiger partial charge is 0.217 e. The fraction of sp³-hybridized carbons (Fsp3) is 0.429. The first kappa shape index (κ1) is 18.8. The van der Waals surface area contributed by atoms with Crippen molar-refractivity contribution < 1.29 is 21.6 Å². The Kier molecular flexibility index (Phi) is 7.67. The van der Waals surface area contributed by atoms with Crippen LogP contribution in [0, 0.1) is 0 Å². The highest BCUT2D eigenvalue weighted by Gasteiger charge is 2.24. The fourth-order valence-electron chi connectivity index (χ4n) is 1.67. The number of likely N-dealkylation sites (N-methyl/N-ethyl adjacent to an activating group) is 1. The van der Waals surface area contributed by atoms with Gasteiger partial charge < -0.3 is 9.04 Å². The predicted octanol–water partition coefficient (Wildman–Crippen LogP) is 2.10. The molecule has 0 aliphatic heterocycles. The topological polar surface area (TPSA) is 66.4 Å². The molecule has 0 saturated carbocycles. The summed E-state index contributed by atoms with van der Waals surface area (Å²) in [7, 11) is 0.867. The molecule has 0 aromatic heterocycles. The Bertz CT molecular complexity index is 497. The standard InChI is InChI=1S/C13H20N.CH4O4S/c1-5-13(14(3,4)6-2)12-10-8-7-9-11-12;1-5-6(2,3)4/h5,7-11,13H,1,6H2,2-4H3;1H3,(H,2,3,4)/q+1;/p-1. The summed E-state index contributed by atoms with van der Waals surface area (Å²) in [6, 6.07) is 10.9. The van der Waals surface area contributed by atoms with Gasteiger partial charge >= 0.3 is 0 Å². The molecule has 0 radical (unpaired) electrons. The predicted molar refractivity (Wildman–Crippen MR) is 78.7 cm³/mol. The molecule has 1 aromatic rings. The molecule has 0 saturated heterocycles. The van der Waals surface area contributed by atoms with E-state index in [0.29, 0.717) is 6.04 Å². The van der Waals surface area contributed by atoms with Gasteiger partial charge in [0.2, 0.25) is 10.4 Å². The minimum Gasteiger partial charge on any atom is -0.726 e. The van der Waals surface area contributed by atoms with Crippen LogP contribution < -0.4 is 0 Å². The van der Waals surface area contributed by atoms with Crippen LogP contribution in [-0.2, 0) is 14.6 Å². The largest absolute Gasteiger partial charge is 0.726 e. The van der Waals surface area contributed by atoms with Crippen LogP contribution >= 0.6 is 0 Å². The normalized spacial score (nSPS) is 13.1. The maximum atomic E-state index is 9.22. The summed E-state index contributed by atoms with van der Waals surface area (Å²) < 4.78 is 32.0. The minimum absolute atomic E-state index is 0.390. The summed E-state index contributed by atoms with van der Waals surface area (Å²) in [5, 5.41) is 0. The Labute approximate surface area is 122 Å². The number of benzene rings is 1. The van der Waals surface area contributed by atoms with Crippen molar-refractivity contribution in [1.82, 2.24) is 0 Å². The maximum Gasteiger partial charge on any atom is 0.217 e. The van der Waals surface area contributed by atoms with E-state index in [1.165, 1.54) is 5.56 Å². The number of rotatable bonds is 5. The van der Waals surface area contributed by atoms with Crippen LogP contribution in [0.1, 0.15) is 18.5 Å². The van der Waals surface area contributed by atoms with Gasteiger partial charge in [-0.2, -0.15) is 0 Å². The summed E-state index contributed by atoms with van der Waals surface area (Å²) in [6.07, 6.45) is 2.04. The number of hydrogen-bond acceptors (Lipinski definition) is 4. The molecule has 1 unspecified atom stereocenters. The third-order valence-electron chi connectivity index (χ3n) is 3.14. The first-order chi connectivity index (χ1) is 9.18. The van der Waals surface area contributed by atoms with Crippen LogP contribution in [0.25, 0.3) is 0 Å². The van der Waals surface area contributed by atoms with E-state index in [-0.39, 0.29) is 0 Å². The lowest BCUT2D eigenvalue weighted by molar-refractivity contribution is -0.912. The molecule has 0 amide bonds. The molecule has 6 heteroatoms. The molecule has 0 heterocycles. The van der Waals surface area contributed by atoms with E-state index < -0.39 is 10.4 Å². The summed E-state index contributed by atoms with van der Waals surface area (Å²) in [4.78, 5) is 0. The van der Waals surface area contributed by atoms with Crippen LogP contribution in [0.5, 0.6) is 0 Å². The molecule has 20 heavy (non-hydrogen) atoms. The average molecular weight is 301 g/mol. The Morgan fingerprint density at radius 3 is 2.10 bits per heavy atom. The Morgan fingerprint density at radius 2 is 1.80 bits per heavy atom. The van der Waals surface area contributed by atoms with Crippen LogP contribution in [0.3, 0.4) is 0 Å². The molecule has 1 rings (SSSR count). The first-order valence-corrected chi connectivity index (χ1v) is 7.53. The molecular formula is C14H23NO4S. The lowest BCUT2D eigenvalue weighted by Crippen LogP contribution is -2.41. The highest BCUT2D eigenvalue weighted by Crippen LogP contribution is 2.25. The van der Waals surface area contributed by atoms with E-state index in [1.54, 1.807) is 0 Å². The van der Waals surface area contributed by atoms with Gasteiger partial charge in [-0.1, -0.05) is 36.9 Å². The van der Waals surface area contributed by atoms with Gasteiger partial charge in [-0.25, -0.2) is 8.42 Å². The van der Waals surface area contributed by atoms with Crippen molar-refractivity contribution in [2.45, 2.75) is 13.0 Å². The lowest BCUT2D eigenvalue weighted by Gasteiger charge is -2.35. The lowest BCUT2D eigenvalue weighted by atomic mass is 10.0. The minimum atomic E-state index is -4.41. The zero-order chi connectivity index (χ0) is 15.8. The van der Waals surface area contributed by atoms with Gasteiger partial charge in [0.1, 0.15) is 6.04 Å². The second-order valence-electron chi connectivity index (χ2n) is 4.76. The molecule has 0 aliphatic rings. The number of nitrogens with zero attached hydrogens (tertiary/aromatic N) is 1. The zero-order valence-corrected chi connectivity index (χ0v) is 13.3. The Balaban J connectivity index is 0.000000511.